The number of nitrogens with two attached hydrogens (primary N) is 2. The van der Waals surface area contributed by atoms with Crippen molar-refractivity contribution in [3.05, 3.63) is 59.7 Å². The minimum Gasteiger partial charge on any atom is -0.366 e. The summed E-state index contributed by atoms with van der Waals surface area (Å²) in [4.78, 5) is 21.5. The van der Waals surface area contributed by atoms with Crippen LogP contribution in [0.15, 0.2) is 48.6 Å². The van der Waals surface area contributed by atoms with E-state index in [1.54, 1.807) is 12.2 Å². The van der Waals surface area contributed by atoms with E-state index in [1.807, 2.05) is 31.2 Å². The number of carbonyl (C=O) groups is 2. The zero-order valence-electron chi connectivity index (χ0n) is 10.2. The third kappa shape index (κ3) is 4.65. The Kier molecular flexibility index (Phi) is 4.87. The Labute approximate surface area is 106 Å². The molecule has 0 saturated carbocycles. The summed E-state index contributed by atoms with van der Waals surface area (Å²) in [5, 5.41) is 0. The van der Waals surface area contributed by atoms with Crippen LogP contribution in [-0.4, -0.2) is 11.8 Å². The number of primary amides is 2. The van der Waals surface area contributed by atoms with Crippen LogP contribution in [-0.2, 0) is 9.59 Å². The maximum atomic E-state index is 10.8. The van der Waals surface area contributed by atoms with Gasteiger partial charge in [0.25, 0.3) is 0 Å². The molecule has 18 heavy (non-hydrogen) atoms. The summed E-state index contributed by atoms with van der Waals surface area (Å²) >= 11 is 0. The summed E-state index contributed by atoms with van der Waals surface area (Å²) in [6.45, 7) is 1.97. The van der Waals surface area contributed by atoms with Crippen molar-refractivity contribution in [2.45, 2.75) is 12.8 Å². The van der Waals surface area contributed by atoms with Crippen LogP contribution in [0, 0.1) is 6.92 Å². The lowest BCUT2D eigenvalue weighted by Gasteiger charge is -2.08. The maximum absolute atomic E-state index is 10.8. The highest BCUT2D eigenvalue weighted by Gasteiger charge is 2.05. The van der Waals surface area contributed by atoms with Crippen LogP contribution < -0.4 is 11.5 Å². The van der Waals surface area contributed by atoms with Crippen LogP contribution in [0.4, 0.5) is 0 Å². The van der Waals surface area contributed by atoms with Crippen LogP contribution in [0.5, 0.6) is 0 Å². The molecule has 1 aromatic carbocycles. The standard InChI is InChI=1S/C14H16N2O2/c1-10-3-2-4-12(9-10)11(5-7-13(15)17)6-8-14(16)18/h2-9,11H,1H3,(H2,15,17)(H2,16,18)/b7-5+,8-6+. The second-order valence-electron chi connectivity index (χ2n) is 3.96. The molecule has 0 radical (unpaired) electrons. The molecular weight excluding hydrogens is 228 g/mol. The average Bonchev–Trinajstić information content (AvgIpc) is 2.28. The normalized spacial score (nSPS) is 11.4. The Morgan fingerprint density at radius 1 is 1.11 bits per heavy atom. The van der Waals surface area contributed by atoms with Crippen molar-refractivity contribution in [3.8, 4) is 0 Å². The van der Waals surface area contributed by atoms with Crippen LogP contribution in [0.1, 0.15) is 17.0 Å². The fraction of sp³-hybridized carbons (Fsp3) is 0.143. The lowest BCUT2D eigenvalue weighted by molar-refractivity contribution is -0.114. The van der Waals surface area contributed by atoms with E-state index in [1.165, 1.54) is 12.2 Å². The molecule has 1 aromatic rings. The molecule has 2 amide bonds. The van der Waals surface area contributed by atoms with E-state index in [0.717, 1.165) is 11.1 Å². The summed E-state index contributed by atoms with van der Waals surface area (Å²) in [5.41, 5.74) is 12.2. The summed E-state index contributed by atoms with van der Waals surface area (Å²) in [7, 11) is 0. The lowest BCUT2D eigenvalue weighted by atomic mass is 9.96. The van der Waals surface area contributed by atoms with Gasteiger partial charge in [-0.05, 0) is 24.6 Å². The lowest BCUT2D eigenvalue weighted by Crippen LogP contribution is -2.08. The van der Waals surface area contributed by atoms with Gasteiger partial charge in [-0.15, -0.1) is 0 Å². The Morgan fingerprint density at radius 2 is 1.67 bits per heavy atom. The van der Waals surface area contributed by atoms with Gasteiger partial charge in [-0.3, -0.25) is 9.59 Å². The van der Waals surface area contributed by atoms with E-state index in [-0.39, 0.29) is 5.92 Å². The summed E-state index contributed by atoms with van der Waals surface area (Å²) in [6.07, 6.45) is 5.82. The van der Waals surface area contributed by atoms with Crippen molar-refractivity contribution < 1.29 is 9.59 Å². The van der Waals surface area contributed by atoms with Gasteiger partial charge in [-0.25, -0.2) is 0 Å². The van der Waals surface area contributed by atoms with Crippen LogP contribution in [0.2, 0.25) is 0 Å². The number of aryl methyl sites for hydroxylation is 1. The van der Waals surface area contributed by atoms with Gasteiger partial charge in [0.05, 0.1) is 0 Å². The number of hydrogen-bond acceptors (Lipinski definition) is 2. The Bertz CT molecular complexity index is 480. The largest absolute Gasteiger partial charge is 0.366 e. The summed E-state index contributed by atoms with van der Waals surface area (Å²) in [5.74, 6) is -1.26. The molecule has 0 unspecified atom stereocenters. The Hall–Kier alpha value is -2.36. The third-order valence-electron chi connectivity index (χ3n) is 2.36. The number of amides is 2. The van der Waals surface area contributed by atoms with Crippen molar-refractivity contribution in [3.63, 3.8) is 0 Å². The molecule has 4 N–H and O–H groups in total. The molecule has 0 atom stereocenters. The highest BCUT2D eigenvalue weighted by atomic mass is 16.1. The zero-order valence-corrected chi connectivity index (χ0v) is 10.2. The van der Waals surface area contributed by atoms with Gasteiger partial charge in [0.15, 0.2) is 0 Å². The average molecular weight is 244 g/mol. The van der Waals surface area contributed by atoms with E-state index in [2.05, 4.69) is 0 Å². The fourth-order valence-corrected chi connectivity index (χ4v) is 1.56. The smallest absolute Gasteiger partial charge is 0.241 e. The number of allylic oxidation sites excluding steroid dienone is 2. The molecule has 0 spiro atoms. The number of hydrogen-bond donors (Lipinski definition) is 2. The van der Waals surface area contributed by atoms with Crippen LogP contribution >= 0.6 is 0 Å². The highest BCUT2D eigenvalue weighted by molar-refractivity contribution is 5.87. The minimum absolute atomic E-state index is 0.204. The quantitative estimate of drug-likeness (QED) is 0.761. The van der Waals surface area contributed by atoms with E-state index < -0.39 is 11.8 Å². The Morgan fingerprint density at radius 3 is 2.11 bits per heavy atom. The van der Waals surface area contributed by atoms with Crippen LogP contribution in [0.3, 0.4) is 0 Å². The molecular formula is C14H16N2O2. The predicted octanol–water partition coefficient (Wildman–Crippen LogP) is 1.16. The number of carbonyl (C=O) groups excluding carboxylic acids is 2. The molecule has 4 heteroatoms. The second-order valence-corrected chi connectivity index (χ2v) is 3.96. The summed E-state index contributed by atoms with van der Waals surface area (Å²) in [6, 6.07) is 7.76. The van der Waals surface area contributed by atoms with Crippen molar-refractivity contribution in [2.24, 2.45) is 11.5 Å². The minimum atomic E-state index is -0.528. The first-order valence-corrected chi connectivity index (χ1v) is 5.51. The van der Waals surface area contributed by atoms with Gasteiger partial charge < -0.3 is 11.5 Å². The van der Waals surface area contributed by atoms with Crippen molar-refractivity contribution in [1.29, 1.82) is 0 Å². The number of benzene rings is 1. The van der Waals surface area contributed by atoms with Crippen LogP contribution in [0.25, 0.3) is 0 Å². The molecule has 4 nitrogen and oxygen atoms in total. The van der Waals surface area contributed by atoms with Gasteiger partial charge in [0, 0.05) is 5.92 Å². The van der Waals surface area contributed by atoms with Gasteiger partial charge >= 0.3 is 0 Å². The SMILES string of the molecule is Cc1cccc(C(/C=C/C(N)=O)/C=C/C(N)=O)c1. The molecule has 0 bridgehead atoms. The molecule has 1 rings (SSSR count). The molecule has 94 valence electrons. The first kappa shape index (κ1) is 13.7. The molecule has 0 heterocycles. The summed E-state index contributed by atoms with van der Waals surface area (Å²) < 4.78 is 0. The predicted molar refractivity (Wildman–Crippen MR) is 70.6 cm³/mol. The number of rotatable bonds is 5. The third-order valence-corrected chi connectivity index (χ3v) is 2.36. The van der Waals surface area contributed by atoms with E-state index in [4.69, 9.17) is 11.5 Å². The monoisotopic (exact) mass is 244 g/mol. The molecule has 0 aliphatic carbocycles. The van der Waals surface area contributed by atoms with Crippen molar-refractivity contribution >= 4 is 11.8 Å². The van der Waals surface area contributed by atoms with Gasteiger partial charge in [-0.1, -0.05) is 42.0 Å². The van der Waals surface area contributed by atoms with Gasteiger partial charge in [0.1, 0.15) is 0 Å². The van der Waals surface area contributed by atoms with Gasteiger partial charge in [-0.2, -0.15) is 0 Å². The fourth-order valence-electron chi connectivity index (χ4n) is 1.56. The van der Waals surface area contributed by atoms with E-state index >= 15 is 0 Å². The van der Waals surface area contributed by atoms with E-state index in [9.17, 15) is 9.59 Å². The van der Waals surface area contributed by atoms with Gasteiger partial charge in [0.2, 0.25) is 11.8 Å². The van der Waals surface area contributed by atoms with Crippen molar-refractivity contribution in [2.75, 3.05) is 0 Å². The molecule has 0 aliphatic rings. The Balaban J connectivity index is 3.03. The molecule has 0 saturated heterocycles. The highest BCUT2D eigenvalue weighted by Crippen LogP contribution is 2.20. The molecule has 0 aromatic heterocycles. The second kappa shape index (κ2) is 6.39. The topological polar surface area (TPSA) is 86.2 Å². The molecule has 0 aliphatic heterocycles. The first-order chi connectivity index (χ1) is 8.49. The molecule has 0 fully saturated rings. The van der Waals surface area contributed by atoms with E-state index in [0.29, 0.717) is 0 Å². The zero-order chi connectivity index (χ0) is 13.5. The van der Waals surface area contributed by atoms with Crippen molar-refractivity contribution in [1.82, 2.24) is 0 Å². The maximum Gasteiger partial charge on any atom is 0.241 e. The first-order valence-electron chi connectivity index (χ1n) is 5.51.